The summed E-state index contributed by atoms with van der Waals surface area (Å²) in [6, 6.07) is 11.8. The number of fused-ring (bicyclic) bond motifs is 1. The van der Waals surface area contributed by atoms with Crippen molar-refractivity contribution < 1.29 is 0 Å². The molecule has 36 heavy (non-hydrogen) atoms. The molecule has 0 aliphatic heterocycles. The molecule has 0 heterocycles. The number of benzene rings is 2. The van der Waals surface area contributed by atoms with Crippen LogP contribution in [0.1, 0.15) is 74.3 Å². The van der Waals surface area contributed by atoms with E-state index in [1.165, 1.54) is 75.8 Å². The molecule has 5 rings (SSSR count). The molecule has 0 bridgehead atoms. The number of rotatable bonds is 6. The summed E-state index contributed by atoms with van der Waals surface area (Å²) in [7, 11) is 0. The fraction of sp³-hybridized carbons (Fsp3) is 0.444. The zero-order valence-corrected chi connectivity index (χ0v) is 23.2. The first-order chi connectivity index (χ1) is 17.2. The minimum Gasteiger partial charge on any atom is -0.0986 e. The SMILES string of the molecule is C=C1C=CC(C(C)C)C(=C)C1CC1=Cc2cccc(-c3cc(C)cc(C)c3CC3CCC(C)C3)c2C1. The summed E-state index contributed by atoms with van der Waals surface area (Å²) in [5, 5.41) is 0. The van der Waals surface area contributed by atoms with E-state index in [4.69, 9.17) is 0 Å². The molecule has 0 spiro atoms. The molecule has 4 atom stereocenters. The molecule has 0 N–H and O–H groups in total. The number of aryl methyl sites for hydroxylation is 2. The van der Waals surface area contributed by atoms with Crippen molar-refractivity contribution in [2.24, 2.45) is 29.6 Å². The van der Waals surface area contributed by atoms with Crippen LogP contribution in [0.3, 0.4) is 0 Å². The Morgan fingerprint density at radius 3 is 2.53 bits per heavy atom. The smallest absolute Gasteiger partial charge is 0.00828 e. The third-order valence-electron chi connectivity index (χ3n) is 9.20. The molecular formula is C36H44. The van der Waals surface area contributed by atoms with E-state index < -0.39 is 0 Å². The lowest BCUT2D eigenvalue weighted by molar-refractivity contribution is 0.472. The van der Waals surface area contributed by atoms with E-state index in [-0.39, 0.29) is 0 Å². The van der Waals surface area contributed by atoms with Crippen molar-refractivity contribution in [3.63, 3.8) is 0 Å². The Kier molecular flexibility index (Phi) is 6.99. The highest BCUT2D eigenvalue weighted by Gasteiger charge is 2.30. The average molecular weight is 477 g/mol. The van der Waals surface area contributed by atoms with Crippen LogP contribution in [-0.2, 0) is 12.8 Å². The summed E-state index contributed by atoms with van der Waals surface area (Å²) in [6.45, 7) is 20.6. The first-order valence-corrected chi connectivity index (χ1v) is 14.2. The maximum Gasteiger partial charge on any atom is 0.00828 e. The molecule has 1 saturated carbocycles. The fourth-order valence-corrected chi connectivity index (χ4v) is 7.24. The standard InChI is InChI=1S/C36H44/c1-22(2)31-14-12-25(5)33(27(31)7)20-29-18-30-9-8-10-32(35(30)21-29)36-17-24(4)15-26(6)34(36)19-28-13-11-23(3)16-28/h8-10,12,14-15,17-18,22-23,28,31,33H,5,7,11,13,16,19-21H2,1-4,6H3. The topological polar surface area (TPSA) is 0 Å². The van der Waals surface area contributed by atoms with Gasteiger partial charge in [-0.05, 0) is 103 Å². The molecule has 0 saturated heterocycles. The Bertz CT molecular complexity index is 1250. The van der Waals surface area contributed by atoms with Crippen LogP contribution in [-0.4, -0.2) is 0 Å². The van der Waals surface area contributed by atoms with Crippen molar-refractivity contribution in [1.82, 2.24) is 0 Å². The monoisotopic (exact) mass is 476 g/mol. The van der Waals surface area contributed by atoms with Crippen molar-refractivity contribution in [2.45, 2.75) is 73.1 Å². The number of hydrogen-bond donors (Lipinski definition) is 0. The highest BCUT2D eigenvalue weighted by atomic mass is 14.3. The second kappa shape index (κ2) is 10.0. The Morgan fingerprint density at radius 2 is 1.81 bits per heavy atom. The molecule has 4 unspecified atom stereocenters. The van der Waals surface area contributed by atoms with Gasteiger partial charge in [0.25, 0.3) is 0 Å². The van der Waals surface area contributed by atoms with E-state index in [9.17, 15) is 0 Å². The molecule has 0 aromatic heterocycles. The Morgan fingerprint density at radius 1 is 1.00 bits per heavy atom. The van der Waals surface area contributed by atoms with E-state index in [2.05, 4.69) is 96.3 Å². The van der Waals surface area contributed by atoms with Gasteiger partial charge in [-0.2, -0.15) is 0 Å². The first kappa shape index (κ1) is 25.1. The lowest BCUT2D eigenvalue weighted by Gasteiger charge is -2.32. The second-order valence-electron chi connectivity index (χ2n) is 12.5. The highest BCUT2D eigenvalue weighted by molar-refractivity contribution is 5.80. The van der Waals surface area contributed by atoms with Crippen LogP contribution in [0.25, 0.3) is 17.2 Å². The maximum atomic E-state index is 4.55. The van der Waals surface area contributed by atoms with Gasteiger partial charge in [0.1, 0.15) is 0 Å². The fourth-order valence-electron chi connectivity index (χ4n) is 7.24. The summed E-state index contributed by atoms with van der Waals surface area (Å²) in [4.78, 5) is 0. The van der Waals surface area contributed by atoms with Gasteiger partial charge in [-0.15, -0.1) is 0 Å². The van der Waals surface area contributed by atoms with E-state index in [0.29, 0.717) is 17.8 Å². The predicted molar refractivity (Wildman–Crippen MR) is 157 cm³/mol. The molecular weight excluding hydrogens is 432 g/mol. The van der Waals surface area contributed by atoms with Gasteiger partial charge >= 0.3 is 0 Å². The summed E-state index contributed by atoms with van der Waals surface area (Å²) in [6.07, 6.45) is 14.5. The summed E-state index contributed by atoms with van der Waals surface area (Å²) < 4.78 is 0. The average Bonchev–Trinajstić information content (AvgIpc) is 3.43. The van der Waals surface area contributed by atoms with Crippen LogP contribution in [0.2, 0.25) is 0 Å². The Balaban J connectivity index is 1.44. The van der Waals surface area contributed by atoms with E-state index in [1.807, 2.05) is 0 Å². The predicted octanol–water partition coefficient (Wildman–Crippen LogP) is 9.85. The van der Waals surface area contributed by atoms with Crippen molar-refractivity contribution in [1.29, 1.82) is 0 Å². The number of allylic oxidation sites excluding steroid dienone is 5. The van der Waals surface area contributed by atoms with E-state index in [1.54, 1.807) is 5.56 Å². The van der Waals surface area contributed by atoms with Gasteiger partial charge in [0.2, 0.25) is 0 Å². The molecule has 2 aromatic carbocycles. The van der Waals surface area contributed by atoms with Gasteiger partial charge in [-0.25, -0.2) is 0 Å². The van der Waals surface area contributed by atoms with E-state index in [0.717, 1.165) is 24.7 Å². The molecule has 0 heteroatoms. The summed E-state index contributed by atoms with van der Waals surface area (Å²) in [5.41, 5.74) is 14.4. The van der Waals surface area contributed by atoms with Gasteiger partial charge in [-0.3, -0.25) is 0 Å². The first-order valence-electron chi connectivity index (χ1n) is 14.2. The van der Waals surface area contributed by atoms with Crippen LogP contribution in [0.15, 0.2) is 72.4 Å². The molecule has 3 aliphatic rings. The summed E-state index contributed by atoms with van der Waals surface area (Å²) >= 11 is 0. The largest absolute Gasteiger partial charge is 0.0986 e. The zero-order chi connectivity index (χ0) is 25.6. The third kappa shape index (κ3) is 4.84. The minimum absolute atomic E-state index is 0.354. The highest BCUT2D eigenvalue weighted by Crippen LogP contribution is 2.44. The Labute approximate surface area is 219 Å². The van der Waals surface area contributed by atoms with Crippen molar-refractivity contribution in [3.05, 3.63) is 100 Å². The third-order valence-corrected chi connectivity index (χ3v) is 9.20. The van der Waals surface area contributed by atoms with Gasteiger partial charge in [0.05, 0.1) is 0 Å². The van der Waals surface area contributed by atoms with Crippen LogP contribution in [0.4, 0.5) is 0 Å². The van der Waals surface area contributed by atoms with Crippen molar-refractivity contribution >= 4 is 6.08 Å². The van der Waals surface area contributed by atoms with Crippen molar-refractivity contribution in [3.8, 4) is 11.1 Å². The normalized spacial score (nSPS) is 25.6. The Hall–Kier alpha value is -2.60. The van der Waals surface area contributed by atoms with Gasteiger partial charge in [-0.1, -0.05) is 106 Å². The molecule has 2 aromatic rings. The molecule has 188 valence electrons. The summed E-state index contributed by atoms with van der Waals surface area (Å²) in [5.74, 6) is 3.10. The lowest BCUT2D eigenvalue weighted by Crippen LogP contribution is -2.21. The molecule has 0 nitrogen and oxygen atoms in total. The molecule has 1 fully saturated rings. The van der Waals surface area contributed by atoms with E-state index >= 15 is 0 Å². The number of hydrogen-bond acceptors (Lipinski definition) is 0. The maximum absolute atomic E-state index is 4.55. The minimum atomic E-state index is 0.354. The van der Waals surface area contributed by atoms with Gasteiger partial charge < -0.3 is 0 Å². The quantitative estimate of drug-likeness (QED) is 0.364. The van der Waals surface area contributed by atoms with Crippen LogP contribution in [0, 0.1) is 43.4 Å². The van der Waals surface area contributed by atoms with Crippen LogP contribution >= 0.6 is 0 Å². The van der Waals surface area contributed by atoms with Crippen LogP contribution in [0.5, 0.6) is 0 Å². The molecule has 0 radical (unpaired) electrons. The zero-order valence-electron chi connectivity index (χ0n) is 23.2. The second-order valence-corrected chi connectivity index (χ2v) is 12.5. The lowest BCUT2D eigenvalue weighted by atomic mass is 9.72. The van der Waals surface area contributed by atoms with Gasteiger partial charge in [0, 0.05) is 11.8 Å². The van der Waals surface area contributed by atoms with Gasteiger partial charge in [0.15, 0.2) is 0 Å². The van der Waals surface area contributed by atoms with Crippen LogP contribution < -0.4 is 0 Å². The van der Waals surface area contributed by atoms with Crippen molar-refractivity contribution in [2.75, 3.05) is 0 Å². The molecule has 0 amide bonds. The molecule has 3 aliphatic carbocycles.